The fraction of sp³-hybridized carbons (Fsp3) is 0.455. The van der Waals surface area contributed by atoms with Gasteiger partial charge in [-0.25, -0.2) is 0 Å². The number of rotatable bonds is 2. The van der Waals surface area contributed by atoms with Crippen molar-refractivity contribution in [3.63, 3.8) is 0 Å². The molecule has 24 heavy (non-hydrogen) atoms. The van der Waals surface area contributed by atoms with E-state index in [4.69, 9.17) is 0 Å². The molecule has 0 amide bonds. The van der Waals surface area contributed by atoms with Crippen LogP contribution >= 0.6 is 0 Å². The van der Waals surface area contributed by atoms with E-state index >= 15 is 0 Å². The Balaban J connectivity index is 2.34. The van der Waals surface area contributed by atoms with E-state index < -0.39 is 16.1 Å². The maximum atomic E-state index is 3.57. The third kappa shape index (κ3) is 5.86. The molecular weight excluding hydrogens is 320 g/mol. The zero-order valence-electron chi connectivity index (χ0n) is 16.2. The molecule has 1 aromatic rings. The first-order valence-electron chi connectivity index (χ1n) is 8.89. The Bertz CT molecular complexity index is 735. The molecule has 0 saturated heterocycles. The SMILES string of the molecule is C/C(C#C[Si](C)(C)C)=C(\C#C[Si](C)(C)C)C1CC1c1ccccc1. The van der Waals surface area contributed by atoms with Crippen molar-refractivity contribution in [3.05, 3.63) is 47.0 Å². The molecule has 1 saturated carbocycles. The van der Waals surface area contributed by atoms with Crippen LogP contribution in [0, 0.1) is 28.8 Å². The molecule has 0 nitrogen and oxygen atoms in total. The minimum absolute atomic E-state index is 0.562. The lowest BCUT2D eigenvalue weighted by Gasteiger charge is -2.08. The summed E-state index contributed by atoms with van der Waals surface area (Å²) in [7, 11) is -2.74. The first kappa shape index (κ1) is 18.8. The predicted octanol–water partition coefficient (Wildman–Crippen LogP) is 5.87. The van der Waals surface area contributed by atoms with Gasteiger partial charge in [0.2, 0.25) is 0 Å². The molecule has 0 heterocycles. The fourth-order valence-corrected chi connectivity index (χ4v) is 3.72. The molecule has 2 atom stereocenters. The molecule has 1 aromatic carbocycles. The van der Waals surface area contributed by atoms with Gasteiger partial charge in [-0.1, -0.05) is 81.5 Å². The van der Waals surface area contributed by atoms with E-state index in [1.54, 1.807) is 0 Å². The lowest BCUT2D eigenvalue weighted by Crippen LogP contribution is -2.17. The summed E-state index contributed by atoms with van der Waals surface area (Å²) in [6, 6.07) is 10.9. The van der Waals surface area contributed by atoms with Gasteiger partial charge in [-0.05, 0) is 24.8 Å². The topological polar surface area (TPSA) is 0 Å². The molecule has 1 aliphatic rings. The molecule has 0 bridgehead atoms. The Morgan fingerprint density at radius 3 is 1.96 bits per heavy atom. The average molecular weight is 351 g/mol. The highest BCUT2D eigenvalue weighted by molar-refractivity contribution is 6.84. The Morgan fingerprint density at radius 1 is 0.875 bits per heavy atom. The van der Waals surface area contributed by atoms with Crippen molar-refractivity contribution in [2.45, 2.75) is 58.5 Å². The van der Waals surface area contributed by atoms with Crippen molar-refractivity contribution in [3.8, 4) is 22.9 Å². The Hall–Kier alpha value is -1.49. The molecule has 2 unspecified atom stereocenters. The zero-order valence-corrected chi connectivity index (χ0v) is 18.2. The van der Waals surface area contributed by atoms with Crippen LogP contribution in [0.1, 0.15) is 24.8 Å². The van der Waals surface area contributed by atoms with Crippen LogP contribution in [0.5, 0.6) is 0 Å². The van der Waals surface area contributed by atoms with Crippen molar-refractivity contribution in [2.75, 3.05) is 0 Å². The van der Waals surface area contributed by atoms with Gasteiger partial charge in [-0.15, -0.1) is 11.1 Å². The molecule has 0 N–H and O–H groups in total. The Morgan fingerprint density at radius 2 is 1.42 bits per heavy atom. The molecule has 0 aliphatic heterocycles. The summed E-state index contributed by atoms with van der Waals surface area (Å²) in [6.07, 6.45) is 1.21. The molecule has 1 aliphatic carbocycles. The van der Waals surface area contributed by atoms with Crippen LogP contribution in [0.15, 0.2) is 41.5 Å². The number of hydrogen-bond donors (Lipinski definition) is 0. The Labute approximate surface area is 150 Å². The highest BCUT2D eigenvalue weighted by Crippen LogP contribution is 2.52. The first-order valence-corrected chi connectivity index (χ1v) is 15.9. The predicted molar refractivity (Wildman–Crippen MR) is 112 cm³/mol. The second-order valence-corrected chi connectivity index (χ2v) is 18.4. The van der Waals surface area contributed by atoms with Crippen LogP contribution in [0.2, 0.25) is 39.3 Å². The van der Waals surface area contributed by atoms with Crippen LogP contribution < -0.4 is 0 Å². The van der Waals surface area contributed by atoms with Gasteiger partial charge in [-0.3, -0.25) is 0 Å². The lowest BCUT2D eigenvalue weighted by atomic mass is 10.0. The molecule has 0 radical (unpaired) electrons. The molecule has 0 aromatic heterocycles. The maximum Gasteiger partial charge on any atom is 0.129 e. The van der Waals surface area contributed by atoms with Crippen molar-refractivity contribution < 1.29 is 0 Å². The highest BCUT2D eigenvalue weighted by atomic mass is 28.3. The van der Waals surface area contributed by atoms with E-state index in [1.807, 2.05) is 0 Å². The van der Waals surface area contributed by atoms with Crippen molar-refractivity contribution >= 4 is 16.1 Å². The summed E-state index contributed by atoms with van der Waals surface area (Å²) in [5.41, 5.74) is 11.0. The first-order chi connectivity index (χ1) is 11.1. The van der Waals surface area contributed by atoms with Crippen LogP contribution in [0.3, 0.4) is 0 Å². The quantitative estimate of drug-likeness (QED) is 0.462. The van der Waals surface area contributed by atoms with Gasteiger partial charge in [0.05, 0.1) is 0 Å². The second-order valence-electron chi connectivity index (χ2n) is 8.90. The van der Waals surface area contributed by atoms with Crippen LogP contribution in [0.25, 0.3) is 0 Å². The molecule has 126 valence electrons. The summed E-state index contributed by atoms with van der Waals surface area (Å²) in [4.78, 5) is 0. The van der Waals surface area contributed by atoms with Crippen LogP contribution in [-0.2, 0) is 0 Å². The van der Waals surface area contributed by atoms with E-state index in [1.165, 1.54) is 23.1 Å². The van der Waals surface area contributed by atoms with E-state index in [0.29, 0.717) is 11.8 Å². The van der Waals surface area contributed by atoms with Gasteiger partial charge in [0.1, 0.15) is 16.1 Å². The summed E-state index contributed by atoms with van der Waals surface area (Å²) in [5.74, 6) is 8.21. The van der Waals surface area contributed by atoms with E-state index in [9.17, 15) is 0 Å². The number of hydrogen-bond acceptors (Lipinski definition) is 0. The molecule has 2 heteroatoms. The van der Waals surface area contributed by atoms with Crippen LogP contribution in [-0.4, -0.2) is 16.1 Å². The minimum Gasteiger partial charge on any atom is -0.127 e. The number of allylic oxidation sites excluding steroid dienone is 2. The van der Waals surface area contributed by atoms with Gasteiger partial charge in [0.15, 0.2) is 0 Å². The smallest absolute Gasteiger partial charge is 0.127 e. The fourth-order valence-electron chi connectivity index (χ4n) is 2.65. The van der Waals surface area contributed by atoms with Crippen LogP contribution in [0.4, 0.5) is 0 Å². The number of benzene rings is 1. The second kappa shape index (κ2) is 7.18. The highest BCUT2D eigenvalue weighted by Gasteiger charge is 2.41. The Kier molecular flexibility index (Phi) is 5.64. The van der Waals surface area contributed by atoms with Gasteiger partial charge < -0.3 is 0 Å². The third-order valence-corrected chi connectivity index (χ3v) is 5.74. The largest absolute Gasteiger partial charge is 0.129 e. The molecule has 2 rings (SSSR count). The van der Waals surface area contributed by atoms with Gasteiger partial charge in [0.25, 0.3) is 0 Å². The average Bonchev–Trinajstić information content (AvgIpc) is 3.25. The lowest BCUT2D eigenvalue weighted by molar-refractivity contribution is 0.966. The zero-order chi connectivity index (χ0) is 18.0. The molecule has 0 spiro atoms. The van der Waals surface area contributed by atoms with E-state index in [2.05, 4.69) is 99.5 Å². The van der Waals surface area contributed by atoms with Gasteiger partial charge >= 0.3 is 0 Å². The summed E-state index contributed by atoms with van der Waals surface area (Å²) in [6.45, 7) is 16.0. The van der Waals surface area contributed by atoms with Crippen molar-refractivity contribution in [1.29, 1.82) is 0 Å². The summed E-state index contributed by atoms with van der Waals surface area (Å²) in [5, 5.41) is 0. The standard InChI is InChI=1S/C22H30Si2/c1-18(13-15-23(2,3)4)20(14-16-24(5,6)7)22-17-21(22)19-11-9-8-10-12-19/h8-12,21-22H,17H2,1-7H3/b20-18-. The van der Waals surface area contributed by atoms with Crippen molar-refractivity contribution in [2.24, 2.45) is 5.92 Å². The molecule has 1 fully saturated rings. The summed E-state index contributed by atoms with van der Waals surface area (Å²) < 4.78 is 0. The van der Waals surface area contributed by atoms with Gasteiger partial charge in [0, 0.05) is 17.1 Å². The maximum absolute atomic E-state index is 3.57. The van der Waals surface area contributed by atoms with Crippen molar-refractivity contribution in [1.82, 2.24) is 0 Å². The van der Waals surface area contributed by atoms with Gasteiger partial charge in [-0.2, -0.15) is 0 Å². The normalized spacial score (nSPS) is 21.0. The molecular formula is C22H30Si2. The summed E-state index contributed by atoms with van der Waals surface area (Å²) >= 11 is 0. The third-order valence-electron chi connectivity index (χ3n) is 3.99. The van der Waals surface area contributed by atoms with E-state index in [0.717, 1.165) is 0 Å². The monoisotopic (exact) mass is 350 g/mol. The minimum atomic E-state index is -1.38. The van der Waals surface area contributed by atoms with E-state index in [-0.39, 0.29) is 0 Å².